The topological polar surface area (TPSA) is 86.6 Å². The van der Waals surface area contributed by atoms with E-state index in [1.54, 1.807) is 0 Å². The number of aryl methyl sites for hydroxylation is 1. The number of amides is 1. The molecule has 1 N–H and O–H groups in total. The molecule has 9 heteroatoms. The first-order valence-electron chi connectivity index (χ1n) is 13.4. The summed E-state index contributed by atoms with van der Waals surface area (Å²) in [4.78, 5) is 38.6. The Hall–Kier alpha value is -3.68. The van der Waals surface area contributed by atoms with E-state index in [1.165, 1.54) is 0 Å². The van der Waals surface area contributed by atoms with Gasteiger partial charge in [-0.05, 0) is 80.8 Å². The van der Waals surface area contributed by atoms with Gasteiger partial charge in [-0.25, -0.2) is 9.97 Å². The van der Waals surface area contributed by atoms with Crippen molar-refractivity contribution in [3.63, 3.8) is 0 Å². The molecule has 3 aromatic carbocycles. The van der Waals surface area contributed by atoms with E-state index in [1.807, 2.05) is 71.6 Å². The fraction of sp³-hybridized carbons (Fsp3) is 0.290. The molecule has 1 atom stereocenters. The van der Waals surface area contributed by atoms with Crippen LogP contribution in [0.4, 0.5) is 5.69 Å². The molecule has 1 aliphatic heterocycles. The van der Waals surface area contributed by atoms with Crippen LogP contribution in [0, 0.1) is 0 Å². The van der Waals surface area contributed by atoms with Gasteiger partial charge in [0, 0.05) is 59.0 Å². The molecular formula is C31H30Cl2N4O3. The van der Waals surface area contributed by atoms with Gasteiger partial charge in [0.05, 0.1) is 22.4 Å². The van der Waals surface area contributed by atoms with E-state index in [9.17, 15) is 9.59 Å². The van der Waals surface area contributed by atoms with Crippen molar-refractivity contribution in [3.05, 3.63) is 88.0 Å². The number of hydrogen-bond donors (Lipinski definition) is 1. The summed E-state index contributed by atoms with van der Waals surface area (Å²) in [5, 5.41) is 10.4. The fourth-order valence-corrected chi connectivity index (χ4v) is 5.37. The maximum atomic E-state index is 13.6. The highest BCUT2D eigenvalue weighted by Gasteiger charge is 2.28. The van der Waals surface area contributed by atoms with Gasteiger partial charge in [0.2, 0.25) is 0 Å². The lowest BCUT2D eigenvalue weighted by molar-refractivity contribution is -0.137. The molecule has 2 heterocycles. The molecule has 7 nitrogen and oxygen atoms in total. The standard InChI is InChI=1S/C31H30Cl2N4O3/c1-20-19-36(25-13-11-24(33)12-14-25)16-17-37(20)31(40)22-8-15-26-28(18-22)34-27(4-2-3-5-29(38)39)30(35-26)21-6-9-23(32)10-7-21/h6-15,18,20H,2-5,16-17,19H2,1H3,(H,38,39). The van der Waals surface area contributed by atoms with Gasteiger partial charge < -0.3 is 14.9 Å². The summed E-state index contributed by atoms with van der Waals surface area (Å²) < 4.78 is 0. The van der Waals surface area contributed by atoms with Crippen LogP contribution in [0.1, 0.15) is 42.2 Å². The number of piperazine rings is 1. The van der Waals surface area contributed by atoms with Gasteiger partial charge in [-0.3, -0.25) is 9.59 Å². The molecule has 5 rings (SSSR count). The van der Waals surface area contributed by atoms with Crippen molar-refractivity contribution >= 4 is 51.8 Å². The summed E-state index contributed by atoms with van der Waals surface area (Å²) in [7, 11) is 0. The minimum Gasteiger partial charge on any atom is -0.481 e. The Morgan fingerprint density at radius 1 is 0.900 bits per heavy atom. The van der Waals surface area contributed by atoms with Crippen LogP contribution in [0.25, 0.3) is 22.3 Å². The van der Waals surface area contributed by atoms with Crippen LogP contribution in [0.3, 0.4) is 0 Å². The van der Waals surface area contributed by atoms with Crippen molar-refractivity contribution in [2.24, 2.45) is 0 Å². The molecule has 4 aromatic rings. The van der Waals surface area contributed by atoms with Crippen LogP contribution >= 0.6 is 23.2 Å². The Labute approximate surface area is 243 Å². The number of aliphatic carboxylic acids is 1. The average molecular weight is 578 g/mol. The van der Waals surface area contributed by atoms with Crippen molar-refractivity contribution < 1.29 is 14.7 Å². The monoisotopic (exact) mass is 576 g/mol. The SMILES string of the molecule is CC1CN(c2ccc(Cl)cc2)CCN1C(=O)c1ccc2nc(-c3ccc(Cl)cc3)c(CCCCC(=O)O)nc2c1. The molecule has 206 valence electrons. The average Bonchev–Trinajstić information content (AvgIpc) is 2.95. The van der Waals surface area contributed by atoms with E-state index >= 15 is 0 Å². The van der Waals surface area contributed by atoms with E-state index in [0.29, 0.717) is 52.4 Å². The van der Waals surface area contributed by atoms with E-state index < -0.39 is 5.97 Å². The highest BCUT2D eigenvalue weighted by molar-refractivity contribution is 6.30. The van der Waals surface area contributed by atoms with Crippen molar-refractivity contribution in [2.45, 2.75) is 38.6 Å². The lowest BCUT2D eigenvalue weighted by Crippen LogP contribution is -2.54. The van der Waals surface area contributed by atoms with Gasteiger partial charge in [0.1, 0.15) is 0 Å². The number of fused-ring (bicyclic) bond motifs is 1. The first kappa shape index (κ1) is 27.9. The van der Waals surface area contributed by atoms with Crippen molar-refractivity contribution in [2.75, 3.05) is 24.5 Å². The number of aromatic nitrogens is 2. The Balaban J connectivity index is 1.39. The smallest absolute Gasteiger partial charge is 0.303 e. The number of carbonyl (C=O) groups is 2. The van der Waals surface area contributed by atoms with Gasteiger partial charge in [-0.15, -0.1) is 0 Å². The maximum absolute atomic E-state index is 13.6. The molecule has 1 unspecified atom stereocenters. The molecule has 0 saturated carbocycles. The molecule has 1 aromatic heterocycles. The first-order chi connectivity index (χ1) is 19.3. The van der Waals surface area contributed by atoms with Gasteiger partial charge >= 0.3 is 5.97 Å². The van der Waals surface area contributed by atoms with Gasteiger partial charge in [-0.1, -0.05) is 35.3 Å². The zero-order chi connectivity index (χ0) is 28.2. The normalized spacial score (nSPS) is 15.4. The summed E-state index contributed by atoms with van der Waals surface area (Å²) in [6, 6.07) is 20.7. The highest BCUT2D eigenvalue weighted by atomic mass is 35.5. The number of nitrogens with zero attached hydrogens (tertiary/aromatic N) is 4. The summed E-state index contributed by atoms with van der Waals surface area (Å²) in [5.74, 6) is -0.842. The van der Waals surface area contributed by atoms with Crippen LogP contribution in [0.5, 0.6) is 0 Å². The summed E-state index contributed by atoms with van der Waals surface area (Å²) in [6.45, 7) is 4.13. The first-order valence-corrected chi connectivity index (χ1v) is 14.1. The number of carboxylic acids is 1. The molecule has 0 bridgehead atoms. The lowest BCUT2D eigenvalue weighted by Gasteiger charge is -2.41. The molecule has 0 spiro atoms. The lowest BCUT2D eigenvalue weighted by atomic mass is 10.0. The summed E-state index contributed by atoms with van der Waals surface area (Å²) in [6.07, 6.45) is 1.91. The van der Waals surface area contributed by atoms with Gasteiger partial charge in [0.25, 0.3) is 5.91 Å². The van der Waals surface area contributed by atoms with Crippen LogP contribution < -0.4 is 4.90 Å². The van der Waals surface area contributed by atoms with Gasteiger partial charge in [-0.2, -0.15) is 0 Å². The second kappa shape index (κ2) is 12.2. The number of rotatable bonds is 8. The minimum absolute atomic E-state index is 0.0239. The Morgan fingerprint density at radius 2 is 1.60 bits per heavy atom. The third-order valence-electron chi connectivity index (χ3n) is 7.24. The second-order valence-corrected chi connectivity index (χ2v) is 11.0. The summed E-state index contributed by atoms with van der Waals surface area (Å²) in [5.41, 5.74) is 5.40. The number of benzene rings is 3. The molecule has 0 aliphatic carbocycles. The number of carboxylic acid groups (broad SMARTS) is 1. The third kappa shape index (κ3) is 6.37. The zero-order valence-electron chi connectivity index (χ0n) is 22.2. The largest absolute Gasteiger partial charge is 0.481 e. The third-order valence-corrected chi connectivity index (χ3v) is 7.74. The number of hydrogen-bond acceptors (Lipinski definition) is 5. The molecule has 1 saturated heterocycles. The minimum atomic E-state index is -0.811. The molecule has 1 amide bonds. The quantitative estimate of drug-likeness (QED) is 0.233. The van der Waals surface area contributed by atoms with Gasteiger partial charge in [0.15, 0.2) is 0 Å². The molecule has 40 heavy (non-hydrogen) atoms. The van der Waals surface area contributed by atoms with E-state index in [2.05, 4.69) is 11.8 Å². The molecular weight excluding hydrogens is 547 g/mol. The number of carbonyl (C=O) groups excluding carboxylic acids is 1. The van der Waals surface area contributed by atoms with E-state index in [-0.39, 0.29) is 18.4 Å². The summed E-state index contributed by atoms with van der Waals surface area (Å²) >= 11 is 12.1. The predicted molar refractivity (Wildman–Crippen MR) is 159 cm³/mol. The van der Waals surface area contributed by atoms with Crippen molar-refractivity contribution in [1.29, 1.82) is 0 Å². The Morgan fingerprint density at radius 3 is 2.27 bits per heavy atom. The molecule has 0 radical (unpaired) electrons. The maximum Gasteiger partial charge on any atom is 0.303 e. The number of anilines is 1. The van der Waals surface area contributed by atoms with E-state index in [4.69, 9.17) is 38.3 Å². The van der Waals surface area contributed by atoms with Crippen molar-refractivity contribution in [3.8, 4) is 11.3 Å². The number of unbranched alkanes of at least 4 members (excludes halogenated alkanes) is 1. The van der Waals surface area contributed by atoms with Crippen LogP contribution in [-0.4, -0.2) is 57.5 Å². The Kier molecular flexibility index (Phi) is 8.52. The van der Waals surface area contributed by atoms with Crippen LogP contribution in [0.15, 0.2) is 66.7 Å². The molecule has 1 fully saturated rings. The zero-order valence-corrected chi connectivity index (χ0v) is 23.7. The Bertz CT molecular complexity index is 1530. The van der Waals surface area contributed by atoms with E-state index in [0.717, 1.165) is 35.7 Å². The second-order valence-electron chi connectivity index (χ2n) is 10.1. The predicted octanol–water partition coefficient (Wildman–Crippen LogP) is 6.75. The molecule has 1 aliphatic rings. The highest BCUT2D eigenvalue weighted by Crippen LogP contribution is 2.28. The van der Waals surface area contributed by atoms with Crippen LogP contribution in [0.2, 0.25) is 10.0 Å². The van der Waals surface area contributed by atoms with Crippen LogP contribution in [-0.2, 0) is 11.2 Å². The number of halogens is 2. The van der Waals surface area contributed by atoms with Crippen molar-refractivity contribution in [1.82, 2.24) is 14.9 Å². The fourth-order valence-electron chi connectivity index (χ4n) is 5.12.